The van der Waals surface area contributed by atoms with Crippen molar-refractivity contribution < 1.29 is 26.0 Å². The van der Waals surface area contributed by atoms with Gasteiger partial charge in [0.15, 0.2) is 15.6 Å². The van der Waals surface area contributed by atoms with Crippen LogP contribution in [0.3, 0.4) is 0 Å². The van der Waals surface area contributed by atoms with Crippen LogP contribution in [0.1, 0.15) is 15.9 Å². The van der Waals surface area contributed by atoms with Crippen molar-refractivity contribution in [2.45, 2.75) is 16.0 Å². The molecule has 0 bridgehead atoms. The first kappa shape index (κ1) is 21.9. The molecule has 0 radical (unpaired) electrons. The third kappa shape index (κ3) is 4.37. The highest BCUT2D eigenvalue weighted by Gasteiger charge is 2.25. The van der Waals surface area contributed by atoms with Crippen molar-refractivity contribution in [3.8, 4) is 0 Å². The number of rotatable bonds is 6. The van der Waals surface area contributed by atoms with Crippen LogP contribution in [-0.2, 0) is 19.9 Å². The Kier molecular flexibility index (Phi) is 5.87. The molecule has 0 spiro atoms. The summed E-state index contributed by atoms with van der Waals surface area (Å²) in [6, 6.07) is 7.72. The molecule has 0 atom stereocenters. The number of ketones is 1. The van der Waals surface area contributed by atoms with Crippen molar-refractivity contribution in [1.82, 2.24) is 0 Å². The molecule has 0 fully saturated rings. The highest BCUT2D eigenvalue weighted by molar-refractivity contribution is 9.09. The number of nitrogens with one attached hydrogen (secondary N) is 1. The lowest BCUT2D eigenvalue weighted by Crippen LogP contribution is -2.16. The largest absolute Gasteiger partial charge is 0.293 e. The van der Waals surface area contributed by atoms with E-state index in [0.717, 1.165) is 23.7 Å². The number of sulfone groups is 1. The van der Waals surface area contributed by atoms with Gasteiger partial charge in [0.05, 0.1) is 15.9 Å². The lowest BCUT2D eigenvalue weighted by Gasteiger charge is -2.12. The number of benzene rings is 2. The van der Waals surface area contributed by atoms with E-state index in [1.54, 1.807) is 6.92 Å². The molecule has 0 aliphatic heterocycles. The number of hydrogen-bond acceptors (Lipinski definition) is 6. The molecule has 0 unspecified atom stereocenters. The Morgan fingerprint density at radius 3 is 2.45 bits per heavy atom. The number of Topliss-reactive ketones (excluding diaryl/α,β-unsaturated/α-hetero) is 1. The fourth-order valence-corrected chi connectivity index (χ4v) is 6.86. The number of hydrogen-bond donors (Lipinski definition) is 1. The summed E-state index contributed by atoms with van der Waals surface area (Å²) in [6.45, 7) is 1.56. The number of carbonyl (C=O) groups excluding carboxylic acids is 1. The first-order valence-electron chi connectivity index (χ1n) is 8.09. The Hall–Kier alpha value is -1.82. The van der Waals surface area contributed by atoms with Crippen LogP contribution >= 0.6 is 27.3 Å². The summed E-state index contributed by atoms with van der Waals surface area (Å²) in [5.41, 5.74) is 0.337. The molecule has 3 rings (SSSR count). The van der Waals surface area contributed by atoms with Gasteiger partial charge in [-0.05, 0) is 54.3 Å². The average molecular weight is 520 g/mol. The van der Waals surface area contributed by atoms with E-state index in [-0.39, 0.29) is 31.5 Å². The minimum absolute atomic E-state index is 0.00118. The molecule has 1 heterocycles. The zero-order valence-corrected chi connectivity index (χ0v) is 19.2. The van der Waals surface area contributed by atoms with Gasteiger partial charge in [-0.25, -0.2) is 21.2 Å². The van der Waals surface area contributed by atoms with E-state index in [9.17, 15) is 26.0 Å². The van der Waals surface area contributed by atoms with Gasteiger partial charge in [0, 0.05) is 16.5 Å². The van der Waals surface area contributed by atoms with Crippen molar-refractivity contribution >= 4 is 68.7 Å². The van der Waals surface area contributed by atoms with Gasteiger partial charge in [-0.15, -0.1) is 11.3 Å². The molecule has 154 valence electrons. The normalized spacial score (nSPS) is 12.3. The van der Waals surface area contributed by atoms with Gasteiger partial charge in [0.25, 0.3) is 10.0 Å². The maximum absolute atomic E-state index is 13.5. The quantitative estimate of drug-likeness (QED) is 0.390. The molecule has 2 aromatic carbocycles. The number of fused-ring (bicyclic) bond motifs is 1. The first-order valence-corrected chi connectivity index (χ1v) is 13.4. The van der Waals surface area contributed by atoms with Gasteiger partial charge in [-0.1, -0.05) is 15.9 Å². The molecular formula is C18H15BrFNO5S3. The van der Waals surface area contributed by atoms with E-state index in [4.69, 9.17) is 0 Å². The van der Waals surface area contributed by atoms with E-state index < -0.39 is 25.7 Å². The summed E-state index contributed by atoms with van der Waals surface area (Å²) in [5, 5.41) is 0.468. The lowest BCUT2D eigenvalue weighted by atomic mass is 10.1. The summed E-state index contributed by atoms with van der Waals surface area (Å²) in [5.74, 6) is -0.826. The topological polar surface area (TPSA) is 97.4 Å². The summed E-state index contributed by atoms with van der Waals surface area (Å²) in [7, 11) is -7.99. The Bertz CT molecular complexity index is 1350. The second-order valence-corrected chi connectivity index (χ2v) is 11.8. The maximum atomic E-state index is 13.5. The third-order valence-corrected chi connectivity index (χ3v) is 9.07. The second kappa shape index (κ2) is 7.78. The van der Waals surface area contributed by atoms with Gasteiger partial charge in [-0.2, -0.15) is 0 Å². The van der Waals surface area contributed by atoms with Crippen molar-refractivity contribution in [3.63, 3.8) is 0 Å². The van der Waals surface area contributed by atoms with E-state index >= 15 is 0 Å². The number of thiophene rings is 1. The Morgan fingerprint density at radius 1 is 1.14 bits per heavy atom. The summed E-state index contributed by atoms with van der Waals surface area (Å²) in [6.07, 6.45) is 0.927. The first-order chi connectivity index (χ1) is 13.4. The molecule has 0 aliphatic rings. The zero-order chi connectivity index (χ0) is 21.6. The van der Waals surface area contributed by atoms with Crippen LogP contribution in [0.2, 0.25) is 0 Å². The third-order valence-electron chi connectivity index (χ3n) is 4.17. The minimum Gasteiger partial charge on any atom is -0.293 e. The molecule has 29 heavy (non-hydrogen) atoms. The van der Waals surface area contributed by atoms with Crippen molar-refractivity contribution in [2.75, 3.05) is 16.3 Å². The molecule has 0 saturated heterocycles. The van der Waals surface area contributed by atoms with Crippen LogP contribution < -0.4 is 4.72 Å². The molecular weight excluding hydrogens is 505 g/mol. The molecule has 0 saturated carbocycles. The standard InChI is InChI=1S/C18H15BrFNO5S3/c1-10-13-8-12(20)4-6-16(13)27-18(10)29(25,26)21-14-5-3-11(15(22)9-19)7-17(14)28(2,23)24/h3-8,21H,9H2,1-2H3. The number of sulfonamides is 1. The zero-order valence-electron chi connectivity index (χ0n) is 15.2. The van der Waals surface area contributed by atoms with Crippen LogP contribution in [0.15, 0.2) is 45.5 Å². The van der Waals surface area contributed by atoms with E-state index in [2.05, 4.69) is 20.7 Å². The number of anilines is 1. The van der Waals surface area contributed by atoms with E-state index in [1.165, 1.54) is 30.3 Å². The smallest absolute Gasteiger partial charge is 0.271 e. The van der Waals surface area contributed by atoms with Crippen molar-refractivity contribution in [1.29, 1.82) is 0 Å². The minimum atomic E-state index is -4.15. The summed E-state index contributed by atoms with van der Waals surface area (Å²) < 4.78 is 66.7. The fourth-order valence-electron chi connectivity index (χ4n) is 2.78. The van der Waals surface area contributed by atoms with Crippen molar-refractivity contribution in [2.24, 2.45) is 0 Å². The lowest BCUT2D eigenvalue weighted by molar-refractivity contribution is 0.102. The molecule has 1 aromatic heterocycles. The Morgan fingerprint density at radius 2 is 1.83 bits per heavy atom. The maximum Gasteiger partial charge on any atom is 0.271 e. The Balaban J connectivity index is 2.12. The number of carbonyl (C=O) groups is 1. The van der Waals surface area contributed by atoms with Crippen LogP contribution in [-0.4, -0.2) is 34.2 Å². The van der Waals surface area contributed by atoms with Crippen LogP contribution in [0.5, 0.6) is 0 Å². The van der Waals surface area contributed by atoms with E-state index in [1.807, 2.05) is 0 Å². The fraction of sp³-hybridized carbons (Fsp3) is 0.167. The summed E-state index contributed by atoms with van der Waals surface area (Å²) >= 11 is 3.98. The number of halogens is 2. The molecule has 3 aromatic rings. The SMILES string of the molecule is Cc1c(S(=O)(=O)Nc2ccc(C(=O)CBr)cc2S(C)(=O)=O)sc2ccc(F)cc12. The van der Waals surface area contributed by atoms with Crippen LogP contribution in [0.25, 0.3) is 10.1 Å². The van der Waals surface area contributed by atoms with Crippen LogP contribution in [0.4, 0.5) is 10.1 Å². The molecule has 1 N–H and O–H groups in total. The predicted molar refractivity (Wildman–Crippen MR) is 115 cm³/mol. The molecule has 0 amide bonds. The number of alkyl halides is 1. The number of aryl methyl sites for hydroxylation is 1. The van der Waals surface area contributed by atoms with Gasteiger partial charge < -0.3 is 0 Å². The highest BCUT2D eigenvalue weighted by atomic mass is 79.9. The highest BCUT2D eigenvalue weighted by Crippen LogP contribution is 2.36. The molecule has 0 aliphatic carbocycles. The van der Waals surface area contributed by atoms with Gasteiger partial charge in [-0.3, -0.25) is 9.52 Å². The molecule has 11 heteroatoms. The monoisotopic (exact) mass is 519 g/mol. The van der Waals surface area contributed by atoms with E-state index in [0.29, 0.717) is 15.6 Å². The predicted octanol–water partition coefficient (Wildman–Crippen LogP) is 4.13. The van der Waals surface area contributed by atoms with Crippen LogP contribution in [0, 0.1) is 12.7 Å². The van der Waals surface area contributed by atoms with Gasteiger partial charge in [0.1, 0.15) is 10.0 Å². The molecule has 6 nitrogen and oxygen atoms in total. The summed E-state index contributed by atoms with van der Waals surface area (Å²) in [4.78, 5) is 11.6. The average Bonchev–Trinajstić information content (AvgIpc) is 2.97. The van der Waals surface area contributed by atoms with Gasteiger partial charge >= 0.3 is 0 Å². The van der Waals surface area contributed by atoms with Gasteiger partial charge in [0.2, 0.25) is 0 Å². The Labute approximate surface area is 179 Å². The van der Waals surface area contributed by atoms with Crippen molar-refractivity contribution in [3.05, 3.63) is 53.3 Å². The second-order valence-electron chi connectivity index (χ2n) is 6.30.